The van der Waals surface area contributed by atoms with Crippen molar-refractivity contribution < 1.29 is 37.0 Å². The predicted molar refractivity (Wildman–Crippen MR) is 90.3 cm³/mol. The zero-order chi connectivity index (χ0) is 20.5. The molecule has 3 rings (SSSR count). The molecule has 7 nitrogen and oxygen atoms in total. The highest BCUT2D eigenvalue weighted by Crippen LogP contribution is 2.33. The number of hydrogen-bond donors (Lipinski definition) is 1. The molecule has 0 saturated heterocycles. The van der Waals surface area contributed by atoms with Crippen molar-refractivity contribution in [2.75, 3.05) is 12.1 Å². The second-order valence-corrected chi connectivity index (χ2v) is 6.06. The van der Waals surface area contributed by atoms with Crippen molar-refractivity contribution >= 4 is 29.3 Å². The van der Waals surface area contributed by atoms with Crippen LogP contribution < -0.4 is 14.8 Å². The lowest BCUT2D eigenvalue weighted by molar-refractivity contribution is -0.137. The van der Waals surface area contributed by atoms with Crippen LogP contribution in [-0.2, 0) is 15.7 Å². The summed E-state index contributed by atoms with van der Waals surface area (Å²) in [6.07, 6.45) is -5.35. The predicted octanol–water partition coefficient (Wildman–Crippen LogP) is 3.67. The first kappa shape index (κ1) is 19.7. The summed E-state index contributed by atoms with van der Waals surface area (Å²) in [4.78, 5) is 27.8. The van der Waals surface area contributed by atoms with Gasteiger partial charge in [-0.15, -0.1) is 0 Å². The van der Waals surface area contributed by atoms with Crippen LogP contribution in [0.2, 0.25) is 5.02 Å². The molecule has 2 heterocycles. The Kier molecular flexibility index (Phi) is 5.32. The Balaban J connectivity index is 1.64. The minimum Gasteiger partial charge on any atom is -0.454 e. The van der Waals surface area contributed by atoms with Gasteiger partial charge in [0.25, 0.3) is 5.91 Å². The lowest BCUT2D eigenvalue weighted by atomic mass is 10.2. The van der Waals surface area contributed by atoms with E-state index in [2.05, 4.69) is 10.3 Å². The van der Waals surface area contributed by atoms with Crippen LogP contribution in [0.3, 0.4) is 0 Å². The SMILES string of the molecule is C[C@H](OC(=O)c1ccc2c(c1)OCO2)C(=O)Nc1ncc(C(F)(F)F)cc1Cl. The molecule has 11 heteroatoms. The normalized spacial score (nSPS) is 13.8. The van der Waals surface area contributed by atoms with Gasteiger partial charge in [-0.2, -0.15) is 13.2 Å². The molecular formula is C17H12ClF3N2O5. The van der Waals surface area contributed by atoms with Crippen molar-refractivity contribution in [3.8, 4) is 11.5 Å². The Morgan fingerprint density at radius 3 is 2.64 bits per heavy atom. The monoisotopic (exact) mass is 416 g/mol. The molecule has 1 aliphatic heterocycles. The van der Waals surface area contributed by atoms with E-state index in [1.807, 2.05) is 0 Å². The number of pyridine rings is 1. The lowest BCUT2D eigenvalue weighted by Gasteiger charge is -2.14. The standard InChI is InChI=1S/C17H12ClF3N2O5/c1-8(28-16(25)9-2-3-12-13(4-9)27-7-26-12)15(24)23-14-11(18)5-10(6-22-14)17(19,20)21/h2-6,8H,7H2,1H3,(H,22,23,24)/t8-/m0/s1. The van der Waals surface area contributed by atoms with Crippen LogP contribution in [0.4, 0.5) is 19.0 Å². The molecule has 0 saturated carbocycles. The number of fused-ring (bicyclic) bond motifs is 1. The van der Waals surface area contributed by atoms with Gasteiger partial charge in [-0.05, 0) is 31.2 Å². The fraction of sp³-hybridized carbons (Fsp3) is 0.235. The van der Waals surface area contributed by atoms with Gasteiger partial charge in [0.15, 0.2) is 23.4 Å². The van der Waals surface area contributed by atoms with Gasteiger partial charge in [-0.3, -0.25) is 4.79 Å². The molecule has 0 radical (unpaired) electrons. The number of ether oxygens (including phenoxy) is 3. The molecule has 1 aromatic carbocycles. The molecule has 148 valence electrons. The molecule has 2 aromatic rings. The molecule has 1 atom stereocenters. The van der Waals surface area contributed by atoms with Crippen LogP contribution in [0.15, 0.2) is 30.5 Å². The maximum Gasteiger partial charge on any atom is 0.417 e. The van der Waals surface area contributed by atoms with E-state index in [9.17, 15) is 22.8 Å². The van der Waals surface area contributed by atoms with E-state index in [1.54, 1.807) is 0 Å². The summed E-state index contributed by atoms with van der Waals surface area (Å²) in [6.45, 7) is 1.33. The minimum atomic E-state index is -4.62. The van der Waals surface area contributed by atoms with Crippen LogP contribution in [0.5, 0.6) is 11.5 Å². The van der Waals surface area contributed by atoms with Gasteiger partial charge in [0, 0.05) is 6.20 Å². The molecule has 0 fully saturated rings. The molecule has 1 N–H and O–H groups in total. The van der Waals surface area contributed by atoms with Crippen LogP contribution >= 0.6 is 11.6 Å². The van der Waals surface area contributed by atoms with Crippen molar-refractivity contribution in [2.45, 2.75) is 19.2 Å². The van der Waals surface area contributed by atoms with E-state index >= 15 is 0 Å². The summed E-state index contributed by atoms with van der Waals surface area (Å²) >= 11 is 5.73. The molecule has 0 aliphatic carbocycles. The number of esters is 1. The number of alkyl halides is 3. The zero-order valence-electron chi connectivity index (χ0n) is 14.2. The van der Waals surface area contributed by atoms with E-state index in [0.29, 0.717) is 23.8 Å². The summed E-state index contributed by atoms with van der Waals surface area (Å²) in [5, 5.41) is 1.81. The van der Waals surface area contributed by atoms with Crippen molar-refractivity contribution in [1.29, 1.82) is 0 Å². The van der Waals surface area contributed by atoms with Gasteiger partial charge in [0.05, 0.1) is 16.1 Å². The molecular weight excluding hydrogens is 405 g/mol. The molecule has 1 aliphatic rings. The summed E-state index contributed by atoms with van der Waals surface area (Å²) in [5.41, 5.74) is -0.924. The Bertz CT molecular complexity index is 935. The Morgan fingerprint density at radius 1 is 1.25 bits per heavy atom. The van der Waals surface area contributed by atoms with Crippen molar-refractivity contribution in [1.82, 2.24) is 4.98 Å². The van der Waals surface area contributed by atoms with Gasteiger partial charge < -0.3 is 19.5 Å². The highest BCUT2D eigenvalue weighted by Gasteiger charge is 2.32. The van der Waals surface area contributed by atoms with E-state index in [4.69, 9.17) is 25.8 Å². The fourth-order valence-corrected chi connectivity index (χ4v) is 2.42. The average molecular weight is 417 g/mol. The van der Waals surface area contributed by atoms with E-state index in [0.717, 1.165) is 0 Å². The number of aromatic nitrogens is 1. The average Bonchev–Trinajstić information content (AvgIpc) is 3.10. The second-order valence-electron chi connectivity index (χ2n) is 5.66. The number of carbonyl (C=O) groups is 2. The van der Waals surface area contributed by atoms with Gasteiger partial charge >= 0.3 is 12.1 Å². The molecule has 1 amide bonds. The van der Waals surface area contributed by atoms with E-state index in [1.165, 1.54) is 25.1 Å². The van der Waals surface area contributed by atoms with Crippen LogP contribution in [0.25, 0.3) is 0 Å². The van der Waals surface area contributed by atoms with E-state index in [-0.39, 0.29) is 18.2 Å². The maximum absolute atomic E-state index is 12.6. The lowest BCUT2D eigenvalue weighted by Crippen LogP contribution is -2.30. The topological polar surface area (TPSA) is 86.8 Å². The van der Waals surface area contributed by atoms with Crippen LogP contribution in [-0.4, -0.2) is 29.8 Å². The molecule has 0 bridgehead atoms. The van der Waals surface area contributed by atoms with Crippen LogP contribution in [0.1, 0.15) is 22.8 Å². The summed E-state index contributed by atoms with van der Waals surface area (Å²) in [7, 11) is 0. The maximum atomic E-state index is 12.6. The first-order valence-corrected chi connectivity index (χ1v) is 8.17. The van der Waals surface area contributed by atoms with Crippen molar-refractivity contribution in [2.24, 2.45) is 0 Å². The Hall–Kier alpha value is -3.01. The number of anilines is 1. The fourth-order valence-electron chi connectivity index (χ4n) is 2.21. The van der Waals surface area contributed by atoms with Gasteiger partial charge in [0.2, 0.25) is 6.79 Å². The van der Waals surface area contributed by atoms with Gasteiger partial charge in [-0.25, -0.2) is 9.78 Å². The Labute approximate surface area is 161 Å². The first-order chi connectivity index (χ1) is 13.1. The summed E-state index contributed by atoms with van der Waals surface area (Å²) < 4.78 is 53.2. The summed E-state index contributed by atoms with van der Waals surface area (Å²) in [5.74, 6) is -1.06. The van der Waals surface area contributed by atoms with Crippen LogP contribution in [0, 0.1) is 0 Å². The van der Waals surface area contributed by atoms with Gasteiger partial charge in [0.1, 0.15) is 0 Å². The first-order valence-electron chi connectivity index (χ1n) is 7.79. The number of nitrogens with one attached hydrogen (secondary N) is 1. The number of halogens is 4. The smallest absolute Gasteiger partial charge is 0.417 e. The van der Waals surface area contributed by atoms with Crippen molar-refractivity contribution in [3.63, 3.8) is 0 Å². The number of amides is 1. The third-order valence-electron chi connectivity index (χ3n) is 3.67. The Morgan fingerprint density at radius 2 is 1.96 bits per heavy atom. The third kappa shape index (κ3) is 4.28. The number of benzene rings is 1. The molecule has 28 heavy (non-hydrogen) atoms. The largest absolute Gasteiger partial charge is 0.454 e. The van der Waals surface area contributed by atoms with Gasteiger partial charge in [-0.1, -0.05) is 11.6 Å². The highest BCUT2D eigenvalue weighted by molar-refractivity contribution is 6.33. The second kappa shape index (κ2) is 7.55. The number of carbonyl (C=O) groups excluding carboxylic acids is 2. The molecule has 1 aromatic heterocycles. The minimum absolute atomic E-state index is 0.0352. The third-order valence-corrected chi connectivity index (χ3v) is 3.96. The highest BCUT2D eigenvalue weighted by atomic mass is 35.5. The number of hydrogen-bond acceptors (Lipinski definition) is 6. The zero-order valence-corrected chi connectivity index (χ0v) is 14.9. The van der Waals surface area contributed by atoms with E-state index < -0.39 is 34.7 Å². The number of nitrogens with zero attached hydrogens (tertiary/aromatic N) is 1. The molecule has 0 unspecified atom stereocenters. The van der Waals surface area contributed by atoms with Crippen molar-refractivity contribution in [3.05, 3.63) is 46.6 Å². The molecule has 0 spiro atoms. The quantitative estimate of drug-likeness (QED) is 0.765. The number of rotatable bonds is 4. The summed E-state index contributed by atoms with van der Waals surface area (Å²) in [6, 6.07) is 5.00.